The molecule has 20 heavy (non-hydrogen) atoms. The molecule has 110 valence electrons. The number of aryl methyl sites for hydroxylation is 1. The van der Waals surface area contributed by atoms with Gasteiger partial charge in [-0.3, -0.25) is 4.79 Å². The zero-order chi connectivity index (χ0) is 14.5. The number of ether oxygens (including phenoxy) is 1. The van der Waals surface area contributed by atoms with Crippen LogP contribution in [0.4, 0.5) is 5.95 Å². The quantitative estimate of drug-likeness (QED) is 0.783. The van der Waals surface area contributed by atoms with Crippen molar-refractivity contribution in [3.8, 4) is 5.88 Å². The number of carbonyl (C=O) groups is 1. The SMILES string of the molecule is CCCOc1cc(C)nc(N(CC(=O)O)CC2CC2)n1. The first-order valence-corrected chi connectivity index (χ1v) is 7.03. The summed E-state index contributed by atoms with van der Waals surface area (Å²) in [6.07, 6.45) is 3.21. The van der Waals surface area contributed by atoms with Gasteiger partial charge < -0.3 is 14.7 Å². The summed E-state index contributed by atoms with van der Waals surface area (Å²) < 4.78 is 5.53. The first kappa shape index (κ1) is 14.6. The second-order valence-electron chi connectivity index (χ2n) is 5.21. The van der Waals surface area contributed by atoms with E-state index >= 15 is 0 Å². The molecule has 0 atom stereocenters. The normalized spacial score (nSPS) is 14.1. The van der Waals surface area contributed by atoms with E-state index in [0.29, 0.717) is 30.9 Å². The van der Waals surface area contributed by atoms with Gasteiger partial charge in [0, 0.05) is 18.3 Å². The van der Waals surface area contributed by atoms with E-state index in [9.17, 15) is 4.79 Å². The van der Waals surface area contributed by atoms with Gasteiger partial charge in [0.2, 0.25) is 11.8 Å². The fraction of sp³-hybridized carbons (Fsp3) is 0.643. The highest BCUT2D eigenvalue weighted by molar-refractivity contribution is 5.72. The lowest BCUT2D eigenvalue weighted by Gasteiger charge is -2.21. The first-order chi connectivity index (χ1) is 9.58. The van der Waals surface area contributed by atoms with Crippen molar-refractivity contribution in [2.45, 2.75) is 33.1 Å². The summed E-state index contributed by atoms with van der Waals surface area (Å²) in [7, 11) is 0. The molecule has 0 aromatic carbocycles. The molecule has 1 aliphatic rings. The van der Waals surface area contributed by atoms with E-state index in [2.05, 4.69) is 9.97 Å². The number of hydrogen-bond donors (Lipinski definition) is 1. The van der Waals surface area contributed by atoms with E-state index in [-0.39, 0.29) is 6.54 Å². The lowest BCUT2D eigenvalue weighted by atomic mass is 10.3. The average Bonchev–Trinajstić information content (AvgIpc) is 3.18. The van der Waals surface area contributed by atoms with E-state index in [1.165, 1.54) is 0 Å². The van der Waals surface area contributed by atoms with E-state index in [0.717, 1.165) is 25.0 Å². The van der Waals surface area contributed by atoms with Crippen LogP contribution in [0.5, 0.6) is 5.88 Å². The highest BCUT2D eigenvalue weighted by atomic mass is 16.5. The van der Waals surface area contributed by atoms with Crippen molar-refractivity contribution in [3.05, 3.63) is 11.8 Å². The molecule has 1 N–H and O–H groups in total. The van der Waals surface area contributed by atoms with Gasteiger partial charge in [-0.25, -0.2) is 4.98 Å². The van der Waals surface area contributed by atoms with Crippen molar-refractivity contribution in [1.82, 2.24) is 9.97 Å². The second kappa shape index (κ2) is 6.54. The van der Waals surface area contributed by atoms with Gasteiger partial charge in [-0.2, -0.15) is 4.98 Å². The molecule has 1 fully saturated rings. The van der Waals surface area contributed by atoms with Crippen LogP contribution in [-0.2, 0) is 4.79 Å². The summed E-state index contributed by atoms with van der Waals surface area (Å²) in [6.45, 7) is 5.10. The molecule has 0 saturated heterocycles. The molecule has 0 radical (unpaired) electrons. The van der Waals surface area contributed by atoms with Crippen LogP contribution in [0, 0.1) is 12.8 Å². The zero-order valence-electron chi connectivity index (χ0n) is 12.0. The molecule has 6 heteroatoms. The van der Waals surface area contributed by atoms with Crippen LogP contribution in [0.2, 0.25) is 0 Å². The fourth-order valence-electron chi connectivity index (χ4n) is 1.94. The number of hydrogen-bond acceptors (Lipinski definition) is 5. The average molecular weight is 279 g/mol. The van der Waals surface area contributed by atoms with Crippen LogP contribution in [-0.4, -0.2) is 40.7 Å². The van der Waals surface area contributed by atoms with Gasteiger partial charge >= 0.3 is 5.97 Å². The monoisotopic (exact) mass is 279 g/mol. The molecular weight excluding hydrogens is 258 g/mol. The number of rotatable bonds is 8. The van der Waals surface area contributed by atoms with E-state index in [1.54, 1.807) is 11.0 Å². The molecule has 0 unspecified atom stereocenters. The van der Waals surface area contributed by atoms with Crippen LogP contribution >= 0.6 is 0 Å². The number of carboxylic acids is 1. The molecule has 1 aliphatic carbocycles. The number of aromatic nitrogens is 2. The number of aliphatic carboxylic acids is 1. The van der Waals surface area contributed by atoms with Gasteiger partial charge in [0.1, 0.15) is 6.54 Å². The van der Waals surface area contributed by atoms with Gasteiger partial charge in [0.25, 0.3) is 0 Å². The molecule has 0 amide bonds. The molecule has 1 aromatic rings. The summed E-state index contributed by atoms with van der Waals surface area (Å²) in [6, 6.07) is 1.77. The Hall–Kier alpha value is -1.85. The molecule has 0 spiro atoms. The van der Waals surface area contributed by atoms with E-state index in [1.807, 2.05) is 13.8 Å². The summed E-state index contributed by atoms with van der Waals surface area (Å²) in [5, 5.41) is 9.03. The van der Waals surface area contributed by atoms with Crippen molar-refractivity contribution >= 4 is 11.9 Å². The molecular formula is C14H21N3O3. The lowest BCUT2D eigenvalue weighted by molar-refractivity contribution is -0.135. The molecule has 2 rings (SSSR count). The van der Waals surface area contributed by atoms with E-state index in [4.69, 9.17) is 9.84 Å². The Morgan fingerprint density at radius 3 is 2.85 bits per heavy atom. The zero-order valence-corrected chi connectivity index (χ0v) is 12.0. The van der Waals surface area contributed by atoms with Crippen LogP contribution in [0.1, 0.15) is 31.9 Å². The minimum absolute atomic E-state index is 0.0762. The molecule has 0 bridgehead atoms. The minimum Gasteiger partial charge on any atom is -0.480 e. The lowest BCUT2D eigenvalue weighted by Crippen LogP contribution is -2.33. The Morgan fingerprint density at radius 1 is 1.50 bits per heavy atom. The maximum absolute atomic E-state index is 11.0. The predicted octanol–water partition coefficient (Wildman–Crippen LogP) is 1.87. The second-order valence-corrected chi connectivity index (χ2v) is 5.21. The summed E-state index contributed by atoms with van der Waals surface area (Å²) in [4.78, 5) is 21.4. The number of anilines is 1. The molecule has 1 heterocycles. The largest absolute Gasteiger partial charge is 0.480 e. The molecule has 1 aromatic heterocycles. The highest BCUT2D eigenvalue weighted by Gasteiger charge is 2.27. The standard InChI is InChI=1S/C14H21N3O3/c1-3-6-20-12-7-10(2)15-14(16-12)17(9-13(18)19)8-11-4-5-11/h7,11H,3-6,8-9H2,1-2H3,(H,18,19). The third-order valence-corrected chi connectivity index (χ3v) is 3.06. The van der Waals surface area contributed by atoms with Gasteiger partial charge in [-0.15, -0.1) is 0 Å². The molecule has 0 aliphatic heterocycles. The van der Waals surface area contributed by atoms with Gasteiger partial charge in [-0.1, -0.05) is 6.92 Å². The Balaban J connectivity index is 2.16. The minimum atomic E-state index is -0.869. The molecule has 1 saturated carbocycles. The fourth-order valence-corrected chi connectivity index (χ4v) is 1.94. The van der Waals surface area contributed by atoms with Crippen molar-refractivity contribution in [3.63, 3.8) is 0 Å². The maximum atomic E-state index is 11.0. The van der Waals surface area contributed by atoms with Crippen molar-refractivity contribution in [2.75, 3.05) is 24.6 Å². The number of carboxylic acid groups (broad SMARTS) is 1. The third-order valence-electron chi connectivity index (χ3n) is 3.06. The van der Waals surface area contributed by atoms with Crippen molar-refractivity contribution in [1.29, 1.82) is 0 Å². The van der Waals surface area contributed by atoms with Gasteiger partial charge in [0.15, 0.2) is 0 Å². The van der Waals surface area contributed by atoms with E-state index < -0.39 is 5.97 Å². The Kier molecular flexibility index (Phi) is 4.76. The first-order valence-electron chi connectivity index (χ1n) is 7.03. The van der Waals surface area contributed by atoms with Crippen molar-refractivity contribution < 1.29 is 14.6 Å². The van der Waals surface area contributed by atoms with Crippen LogP contribution in [0.25, 0.3) is 0 Å². The highest BCUT2D eigenvalue weighted by Crippen LogP contribution is 2.31. The Labute approximate surface area is 118 Å². The Morgan fingerprint density at radius 2 is 2.25 bits per heavy atom. The summed E-state index contributed by atoms with van der Waals surface area (Å²) in [5.74, 6) is 0.663. The Bertz CT molecular complexity index is 475. The maximum Gasteiger partial charge on any atom is 0.323 e. The van der Waals surface area contributed by atoms with Gasteiger partial charge in [-0.05, 0) is 32.1 Å². The van der Waals surface area contributed by atoms with Crippen LogP contribution in [0.3, 0.4) is 0 Å². The summed E-state index contributed by atoms with van der Waals surface area (Å²) in [5.41, 5.74) is 0.785. The summed E-state index contributed by atoms with van der Waals surface area (Å²) >= 11 is 0. The smallest absolute Gasteiger partial charge is 0.323 e. The van der Waals surface area contributed by atoms with Crippen LogP contribution in [0.15, 0.2) is 6.07 Å². The van der Waals surface area contributed by atoms with Crippen molar-refractivity contribution in [2.24, 2.45) is 5.92 Å². The predicted molar refractivity (Wildman–Crippen MR) is 75.1 cm³/mol. The van der Waals surface area contributed by atoms with Crippen LogP contribution < -0.4 is 9.64 Å². The topological polar surface area (TPSA) is 75.5 Å². The third kappa shape index (κ3) is 4.36. The molecule has 6 nitrogen and oxygen atoms in total. The van der Waals surface area contributed by atoms with Gasteiger partial charge in [0.05, 0.1) is 6.61 Å². The number of nitrogens with zero attached hydrogens (tertiary/aromatic N) is 3.